The summed E-state index contributed by atoms with van der Waals surface area (Å²) in [6.07, 6.45) is 1.57. The van der Waals surface area contributed by atoms with E-state index in [2.05, 4.69) is 0 Å². The molecule has 0 saturated carbocycles. The lowest BCUT2D eigenvalue weighted by atomic mass is 10.1. The van der Waals surface area contributed by atoms with Crippen molar-refractivity contribution >= 4 is 17.5 Å². The van der Waals surface area contributed by atoms with Crippen LogP contribution in [0.2, 0.25) is 5.02 Å². The molecule has 1 amide bonds. The van der Waals surface area contributed by atoms with Crippen LogP contribution < -0.4 is 9.47 Å². The van der Waals surface area contributed by atoms with Gasteiger partial charge in [-0.25, -0.2) is 0 Å². The second-order valence-corrected chi connectivity index (χ2v) is 5.40. The Bertz CT molecular complexity index is 672. The van der Waals surface area contributed by atoms with E-state index in [-0.39, 0.29) is 5.91 Å². The first-order valence-corrected chi connectivity index (χ1v) is 7.70. The molecule has 2 aromatic rings. The standard InChI is InChI=1S/C17H20ClNO5/c1-21-8-6-19(11-13-5-4-7-24-13)17(20)12-9-14(18)16(23-3)15(10-12)22-2/h4-5,7,9-10H,6,8,11H2,1-3H3. The molecule has 0 unspecified atom stereocenters. The number of carbonyl (C=O) groups is 1. The summed E-state index contributed by atoms with van der Waals surface area (Å²) < 4.78 is 20.9. The van der Waals surface area contributed by atoms with Crippen LogP contribution in [-0.4, -0.2) is 45.3 Å². The first-order chi connectivity index (χ1) is 11.6. The van der Waals surface area contributed by atoms with Crippen LogP contribution in [0.25, 0.3) is 0 Å². The summed E-state index contributed by atoms with van der Waals surface area (Å²) in [5, 5.41) is 0.310. The summed E-state index contributed by atoms with van der Waals surface area (Å²) in [7, 11) is 4.57. The monoisotopic (exact) mass is 353 g/mol. The number of carbonyl (C=O) groups excluding carboxylic acids is 1. The van der Waals surface area contributed by atoms with E-state index in [4.69, 9.17) is 30.2 Å². The normalized spacial score (nSPS) is 10.5. The van der Waals surface area contributed by atoms with Gasteiger partial charge in [0.25, 0.3) is 5.91 Å². The van der Waals surface area contributed by atoms with Crippen LogP contribution in [0.15, 0.2) is 34.9 Å². The number of benzene rings is 1. The molecule has 0 spiro atoms. The zero-order valence-electron chi connectivity index (χ0n) is 13.9. The quantitative estimate of drug-likeness (QED) is 0.729. The molecule has 7 heteroatoms. The highest BCUT2D eigenvalue weighted by atomic mass is 35.5. The van der Waals surface area contributed by atoms with Gasteiger partial charge in [-0.05, 0) is 24.3 Å². The molecule has 0 N–H and O–H groups in total. The van der Waals surface area contributed by atoms with Crippen LogP contribution in [0.3, 0.4) is 0 Å². The van der Waals surface area contributed by atoms with Gasteiger partial charge in [0.2, 0.25) is 0 Å². The van der Waals surface area contributed by atoms with E-state index in [1.165, 1.54) is 14.2 Å². The predicted octanol–water partition coefficient (Wildman–Crippen LogP) is 3.24. The predicted molar refractivity (Wildman–Crippen MR) is 89.9 cm³/mol. The highest BCUT2D eigenvalue weighted by Crippen LogP contribution is 2.36. The zero-order chi connectivity index (χ0) is 17.5. The molecule has 0 aliphatic rings. The fourth-order valence-corrected chi connectivity index (χ4v) is 2.56. The van der Waals surface area contributed by atoms with E-state index in [1.807, 2.05) is 6.07 Å². The summed E-state index contributed by atoms with van der Waals surface area (Å²) in [6.45, 7) is 1.16. The molecule has 0 fully saturated rings. The molecule has 6 nitrogen and oxygen atoms in total. The van der Waals surface area contributed by atoms with Crippen LogP contribution in [0.4, 0.5) is 0 Å². The summed E-state index contributed by atoms with van der Waals surface area (Å²) in [6, 6.07) is 6.76. The van der Waals surface area contributed by atoms with Crippen molar-refractivity contribution in [3.05, 3.63) is 46.9 Å². The van der Waals surface area contributed by atoms with Crippen molar-refractivity contribution in [1.29, 1.82) is 0 Å². The van der Waals surface area contributed by atoms with E-state index in [0.29, 0.717) is 47.5 Å². The van der Waals surface area contributed by atoms with Crippen molar-refractivity contribution in [2.75, 3.05) is 34.5 Å². The minimum absolute atomic E-state index is 0.202. The lowest BCUT2D eigenvalue weighted by Crippen LogP contribution is -2.33. The van der Waals surface area contributed by atoms with Crippen molar-refractivity contribution in [3.63, 3.8) is 0 Å². The third-order valence-corrected chi connectivity index (χ3v) is 3.74. The molecule has 1 aromatic heterocycles. The minimum Gasteiger partial charge on any atom is -0.493 e. The number of ether oxygens (including phenoxy) is 3. The number of rotatable bonds is 8. The summed E-state index contributed by atoms with van der Waals surface area (Å²) in [5.41, 5.74) is 0.403. The largest absolute Gasteiger partial charge is 0.493 e. The molecule has 0 aliphatic carbocycles. The Labute approximate surface area is 145 Å². The van der Waals surface area contributed by atoms with Gasteiger partial charge in [-0.1, -0.05) is 11.6 Å². The molecular weight excluding hydrogens is 334 g/mol. The fourth-order valence-electron chi connectivity index (χ4n) is 2.27. The number of nitrogens with zero attached hydrogens (tertiary/aromatic N) is 1. The van der Waals surface area contributed by atoms with Crippen molar-refractivity contribution in [2.24, 2.45) is 0 Å². The Morgan fingerprint density at radius 3 is 2.62 bits per heavy atom. The third-order valence-electron chi connectivity index (χ3n) is 3.46. The molecule has 0 aliphatic heterocycles. The smallest absolute Gasteiger partial charge is 0.254 e. The second kappa shape index (κ2) is 8.61. The fraction of sp³-hybridized carbons (Fsp3) is 0.353. The molecule has 0 saturated heterocycles. The summed E-state index contributed by atoms with van der Waals surface area (Å²) in [5.74, 6) is 1.28. The lowest BCUT2D eigenvalue weighted by Gasteiger charge is -2.22. The van der Waals surface area contributed by atoms with Gasteiger partial charge in [0.05, 0.1) is 38.7 Å². The van der Waals surface area contributed by atoms with Gasteiger partial charge in [0, 0.05) is 19.2 Å². The van der Waals surface area contributed by atoms with Gasteiger partial charge in [-0.2, -0.15) is 0 Å². The van der Waals surface area contributed by atoms with Gasteiger partial charge in [-0.3, -0.25) is 4.79 Å². The highest BCUT2D eigenvalue weighted by molar-refractivity contribution is 6.32. The van der Waals surface area contributed by atoms with Gasteiger partial charge in [0.15, 0.2) is 11.5 Å². The number of furan rings is 1. The zero-order valence-corrected chi connectivity index (χ0v) is 14.6. The Kier molecular flexibility index (Phi) is 6.52. The number of halogens is 1. The molecular formula is C17H20ClNO5. The second-order valence-electron chi connectivity index (χ2n) is 4.99. The molecule has 0 bridgehead atoms. The topological polar surface area (TPSA) is 61.1 Å². The molecule has 1 heterocycles. The van der Waals surface area contributed by atoms with Crippen LogP contribution in [0.1, 0.15) is 16.1 Å². The average Bonchev–Trinajstić information content (AvgIpc) is 3.10. The van der Waals surface area contributed by atoms with Crippen LogP contribution in [0, 0.1) is 0 Å². The van der Waals surface area contributed by atoms with Crippen LogP contribution in [0.5, 0.6) is 11.5 Å². The van der Waals surface area contributed by atoms with Crippen molar-refractivity contribution < 1.29 is 23.4 Å². The van der Waals surface area contributed by atoms with E-state index in [0.717, 1.165) is 0 Å². The van der Waals surface area contributed by atoms with Crippen molar-refractivity contribution in [3.8, 4) is 11.5 Å². The SMILES string of the molecule is COCCN(Cc1ccco1)C(=O)c1cc(Cl)c(OC)c(OC)c1. The first kappa shape index (κ1) is 18.2. The van der Waals surface area contributed by atoms with Crippen LogP contribution in [-0.2, 0) is 11.3 Å². The van der Waals surface area contributed by atoms with Gasteiger partial charge >= 0.3 is 0 Å². The van der Waals surface area contributed by atoms with Crippen LogP contribution >= 0.6 is 11.6 Å². The average molecular weight is 354 g/mol. The van der Waals surface area contributed by atoms with E-state index in [1.54, 1.807) is 36.5 Å². The molecule has 130 valence electrons. The number of hydrogen-bond donors (Lipinski definition) is 0. The van der Waals surface area contributed by atoms with E-state index >= 15 is 0 Å². The van der Waals surface area contributed by atoms with Gasteiger partial charge in [0.1, 0.15) is 5.76 Å². The van der Waals surface area contributed by atoms with Crippen molar-refractivity contribution in [2.45, 2.75) is 6.54 Å². The Morgan fingerprint density at radius 2 is 2.04 bits per heavy atom. The maximum Gasteiger partial charge on any atom is 0.254 e. The third kappa shape index (κ3) is 4.21. The minimum atomic E-state index is -0.202. The Hall–Kier alpha value is -2.18. The molecule has 0 radical (unpaired) electrons. The molecule has 2 rings (SSSR count). The molecule has 0 atom stereocenters. The number of methoxy groups -OCH3 is 3. The van der Waals surface area contributed by atoms with Gasteiger partial charge < -0.3 is 23.5 Å². The van der Waals surface area contributed by atoms with E-state index in [9.17, 15) is 4.79 Å². The molecule has 1 aromatic carbocycles. The summed E-state index contributed by atoms with van der Waals surface area (Å²) in [4.78, 5) is 14.5. The van der Waals surface area contributed by atoms with Crippen molar-refractivity contribution in [1.82, 2.24) is 4.90 Å². The molecule has 24 heavy (non-hydrogen) atoms. The summed E-state index contributed by atoms with van der Waals surface area (Å²) >= 11 is 6.19. The maximum absolute atomic E-state index is 12.9. The number of hydrogen-bond acceptors (Lipinski definition) is 5. The number of amides is 1. The Balaban J connectivity index is 2.29. The first-order valence-electron chi connectivity index (χ1n) is 7.32. The maximum atomic E-state index is 12.9. The highest BCUT2D eigenvalue weighted by Gasteiger charge is 2.21. The Morgan fingerprint density at radius 1 is 1.25 bits per heavy atom. The van der Waals surface area contributed by atoms with Gasteiger partial charge in [-0.15, -0.1) is 0 Å². The lowest BCUT2D eigenvalue weighted by molar-refractivity contribution is 0.0666. The van der Waals surface area contributed by atoms with E-state index < -0.39 is 0 Å².